The van der Waals surface area contributed by atoms with E-state index in [1.807, 2.05) is 6.92 Å². The van der Waals surface area contributed by atoms with Crippen LogP contribution in [0.15, 0.2) is 0 Å². The molecule has 0 aliphatic heterocycles. The number of unbranched alkanes of at least 4 members (excludes halogenated alkanes) is 3. The maximum Gasteiger partial charge on any atom is 0.397 e. The lowest BCUT2D eigenvalue weighted by Gasteiger charge is -2.14. The minimum Gasteiger partial charge on any atom is -0.264 e. The molecule has 23 heavy (non-hydrogen) atoms. The summed E-state index contributed by atoms with van der Waals surface area (Å²) in [5.74, 6) is 0. The lowest BCUT2D eigenvalue weighted by Crippen LogP contribution is -2.18. The summed E-state index contributed by atoms with van der Waals surface area (Å²) >= 11 is 0. The molecular weight excluding hydrogens is 348 g/mol. The van der Waals surface area contributed by atoms with Crippen molar-refractivity contribution in [1.29, 1.82) is 0 Å². The maximum atomic E-state index is 10.6. The van der Waals surface area contributed by atoms with E-state index in [0.29, 0.717) is 12.8 Å². The van der Waals surface area contributed by atoms with E-state index in [4.69, 9.17) is 9.11 Å². The van der Waals surface area contributed by atoms with Gasteiger partial charge in [-0.15, -0.1) is 0 Å². The molecule has 142 valence electrons. The van der Waals surface area contributed by atoms with Crippen molar-refractivity contribution >= 4 is 20.8 Å². The average molecular weight is 379 g/mol. The Bertz CT molecular complexity index is 470. The summed E-state index contributed by atoms with van der Waals surface area (Å²) in [6, 6.07) is 0. The van der Waals surface area contributed by atoms with Gasteiger partial charge in [0.2, 0.25) is 0 Å². The highest BCUT2D eigenvalue weighted by Gasteiger charge is 2.16. The number of hydrogen-bond acceptors (Lipinski definition) is 6. The highest BCUT2D eigenvalue weighted by Crippen LogP contribution is 2.15. The summed E-state index contributed by atoms with van der Waals surface area (Å²) in [4.78, 5) is 0. The second-order valence-electron chi connectivity index (χ2n) is 5.36. The van der Waals surface area contributed by atoms with Crippen molar-refractivity contribution in [2.45, 2.75) is 84.8 Å². The molecule has 2 N–H and O–H groups in total. The van der Waals surface area contributed by atoms with Gasteiger partial charge in [0, 0.05) is 0 Å². The van der Waals surface area contributed by atoms with Crippen LogP contribution in [0.25, 0.3) is 0 Å². The minimum atomic E-state index is -4.29. The molecule has 0 aromatic carbocycles. The molecule has 1 unspecified atom stereocenters. The molecular formula is C13H30O8S2. The van der Waals surface area contributed by atoms with Gasteiger partial charge in [-0.25, -0.2) is 8.37 Å². The fraction of sp³-hybridized carbons (Fsp3) is 1.00. The van der Waals surface area contributed by atoms with Gasteiger partial charge in [0.25, 0.3) is 0 Å². The summed E-state index contributed by atoms with van der Waals surface area (Å²) in [6.45, 7) is 7.14. The van der Waals surface area contributed by atoms with E-state index >= 15 is 0 Å². The third-order valence-electron chi connectivity index (χ3n) is 2.58. The average Bonchev–Trinajstić information content (AvgIpc) is 2.32. The molecule has 0 aromatic heterocycles. The largest absolute Gasteiger partial charge is 0.397 e. The van der Waals surface area contributed by atoms with E-state index in [-0.39, 0.29) is 6.10 Å². The quantitative estimate of drug-likeness (QED) is 0.414. The van der Waals surface area contributed by atoms with Gasteiger partial charge in [-0.3, -0.25) is 9.11 Å². The van der Waals surface area contributed by atoms with Crippen molar-refractivity contribution in [2.24, 2.45) is 0 Å². The van der Waals surface area contributed by atoms with Gasteiger partial charge in [-0.2, -0.15) is 16.8 Å². The Morgan fingerprint density at radius 2 is 1.22 bits per heavy atom. The first-order valence-electron chi connectivity index (χ1n) is 7.72. The molecule has 1 atom stereocenters. The smallest absolute Gasteiger partial charge is 0.264 e. The topological polar surface area (TPSA) is 127 Å². The third kappa shape index (κ3) is 24.1. The number of rotatable bonds is 11. The van der Waals surface area contributed by atoms with Crippen molar-refractivity contribution in [3.63, 3.8) is 0 Å². The predicted octanol–water partition coefficient (Wildman–Crippen LogP) is 3.16. The van der Waals surface area contributed by atoms with E-state index in [1.165, 1.54) is 13.8 Å². The van der Waals surface area contributed by atoms with E-state index in [2.05, 4.69) is 15.3 Å². The number of hydrogen-bond donors (Lipinski definition) is 2. The van der Waals surface area contributed by atoms with Crippen molar-refractivity contribution in [3.05, 3.63) is 0 Å². The molecule has 0 fully saturated rings. The lowest BCUT2D eigenvalue weighted by atomic mass is 10.1. The van der Waals surface area contributed by atoms with Gasteiger partial charge in [0.1, 0.15) is 0 Å². The Hall–Kier alpha value is -0.260. The Labute approximate surface area is 140 Å². The summed E-state index contributed by atoms with van der Waals surface area (Å²) < 4.78 is 65.8. The van der Waals surface area contributed by atoms with Crippen LogP contribution in [0.3, 0.4) is 0 Å². The van der Waals surface area contributed by atoms with Crippen molar-refractivity contribution in [3.8, 4) is 0 Å². The molecule has 0 spiro atoms. The van der Waals surface area contributed by atoms with Crippen LogP contribution in [0.5, 0.6) is 0 Å². The second kappa shape index (κ2) is 13.1. The maximum absolute atomic E-state index is 10.6. The molecule has 0 heterocycles. The molecule has 8 nitrogen and oxygen atoms in total. The standard InChI is InChI=1S/C10H22O4S.C3H8O4S/c1-3-5-7-9-10(8-6-4-2)14-15(11,12)13;1-3(2)7-8(4,5)6/h10H,3-9H2,1-2H3,(H,11,12,13);3H,1-2H3,(H,4,5,6). The monoisotopic (exact) mass is 378 g/mol. The summed E-state index contributed by atoms with van der Waals surface area (Å²) in [5.41, 5.74) is 0. The van der Waals surface area contributed by atoms with Crippen molar-refractivity contribution < 1.29 is 34.3 Å². The van der Waals surface area contributed by atoms with Gasteiger partial charge >= 0.3 is 20.8 Å². The van der Waals surface area contributed by atoms with Crippen LogP contribution in [0.4, 0.5) is 0 Å². The molecule has 0 radical (unpaired) electrons. The molecule has 0 amide bonds. The Morgan fingerprint density at radius 3 is 1.52 bits per heavy atom. The van der Waals surface area contributed by atoms with E-state index < -0.39 is 26.9 Å². The first kappa shape index (κ1) is 25.0. The van der Waals surface area contributed by atoms with Crippen LogP contribution in [0.2, 0.25) is 0 Å². The zero-order chi connectivity index (χ0) is 18.5. The molecule has 0 saturated carbocycles. The lowest BCUT2D eigenvalue weighted by molar-refractivity contribution is 0.158. The highest BCUT2D eigenvalue weighted by atomic mass is 32.3. The predicted molar refractivity (Wildman–Crippen MR) is 87.9 cm³/mol. The van der Waals surface area contributed by atoms with E-state index in [0.717, 1.165) is 32.1 Å². The fourth-order valence-corrected chi connectivity index (χ4v) is 2.73. The Morgan fingerprint density at radius 1 is 0.783 bits per heavy atom. The molecule has 0 aromatic rings. The van der Waals surface area contributed by atoms with E-state index in [1.54, 1.807) is 0 Å². The Balaban J connectivity index is 0. The van der Waals surface area contributed by atoms with Crippen molar-refractivity contribution in [1.82, 2.24) is 0 Å². The second-order valence-corrected chi connectivity index (χ2v) is 7.45. The molecule has 0 rings (SSSR count). The fourth-order valence-electron chi connectivity index (χ4n) is 1.71. The van der Waals surface area contributed by atoms with Gasteiger partial charge in [-0.05, 0) is 26.7 Å². The first-order valence-corrected chi connectivity index (χ1v) is 10.5. The molecule has 0 aliphatic rings. The Kier molecular flexibility index (Phi) is 14.2. The van der Waals surface area contributed by atoms with Crippen LogP contribution in [-0.4, -0.2) is 38.1 Å². The third-order valence-corrected chi connectivity index (χ3v) is 3.72. The van der Waals surface area contributed by atoms with Gasteiger partial charge in [0.15, 0.2) is 0 Å². The van der Waals surface area contributed by atoms with Crippen LogP contribution in [-0.2, 0) is 29.2 Å². The minimum absolute atomic E-state index is 0.355. The summed E-state index contributed by atoms with van der Waals surface area (Å²) in [7, 11) is -8.51. The SMILES string of the molecule is CC(C)OS(=O)(=O)O.CCCCCC(CCCC)OS(=O)(=O)O. The molecule has 0 saturated heterocycles. The van der Waals surface area contributed by atoms with Crippen LogP contribution in [0.1, 0.15) is 72.6 Å². The molecule has 0 aliphatic carbocycles. The van der Waals surface area contributed by atoms with Crippen LogP contribution < -0.4 is 0 Å². The van der Waals surface area contributed by atoms with Gasteiger partial charge in [-0.1, -0.05) is 46.0 Å². The summed E-state index contributed by atoms with van der Waals surface area (Å²) in [6.07, 6.45) is 5.57. The van der Waals surface area contributed by atoms with Crippen molar-refractivity contribution in [2.75, 3.05) is 0 Å². The van der Waals surface area contributed by atoms with Crippen LogP contribution >= 0.6 is 0 Å². The zero-order valence-corrected chi connectivity index (χ0v) is 15.9. The first-order chi connectivity index (χ1) is 10.4. The molecule has 10 heteroatoms. The molecule has 0 bridgehead atoms. The van der Waals surface area contributed by atoms with Gasteiger partial charge < -0.3 is 0 Å². The van der Waals surface area contributed by atoms with Gasteiger partial charge in [0.05, 0.1) is 12.2 Å². The van der Waals surface area contributed by atoms with E-state index in [9.17, 15) is 16.8 Å². The zero-order valence-electron chi connectivity index (χ0n) is 14.3. The van der Waals surface area contributed by atoms with Crippen LogP contribution in [0, 0.1) is 0 Å². The summed E-state index contributed by atoms with van der Waals surface area (Å²) in [5, 5.41) is 0. The highest BCUT2D eigenvalue weighted by molar-refractivity contribution is 7.81. The normalized spacial score (nSPS) is 13.5.